The lowest BCUT2D eigenvalue weighted by molar-refractivity contribution is 0.224. The molecule has 0 spiro atoms. The standard InChI is InChI=1S/C36H44N2O/c1-3-5-7-9-10-12-18-27(17-11-8-6-4-2)26-39-28-23-24-30-29-19-13-14-20-31(29)35-36(32(30)25-28)38-34-22-16-15-21-33(34)37-35/h13-16,19-25,27H,3-12,17-18,26H2,1-2H3. The molecule has 39 heavy (non-hydrogen) atoms. The molecule has 0 aliphatic rings. The van der Waals surface area contributed by atoms with E-state index in [2.05, 4.69) is 62.4 Å². The van der Waals surface area contributed by atoms with Gasteiger partial charge in [-0.3, -0.25) is 0 Å². The summed E-state index contributed by atoms with van der Waals surface area (Å²) in [7, 11) is 0. The number of unbranched alkanes of at least 4 members (excludes halogenated alkanes) is 8. The largest absolute Gasteiger partial charge is 0.493 e. The number of aromatic nitrogens is 2. The highest BCUT2D eigenvalue weighted by atomic mass is 16.5. The second-order valence-electron chi connectivity index (χ2n) is 11.2. The zero-order valence-electron chi connectivity index (χ0n) is 23.9. The van der Waals surface area contributed by atoms with Gasteiger partial charge in [-0.05, 0) is 59.9 Å². The molecule has 5 aromatic rings. The van der Waals surface area contributed by atoms with Crippen LogP contribution in [-0.4, -0.2) is 16.6 Å². The number of para-hydroxylation sites is 2. The van der Waals surface area contributed by atoms with Crippen LogP contribution in [0.5, 0.6) is 5.75 Å². The van der Waals surface area contributed by atoms with Crippen molar-refractivity contribution >= 4 is 43.6 Å². The van der Waals surface area contributed by atoms with E-state index in [1.807, 2.05) is 18.2 Å². The van der Waals surface area contributed by atoms with Crippen molar-refractivity contribution in [2.24, 2.45) is 5.92 Å². The molecule has 5 rings (SSSR count). The van der Waals surface area contributed by atoms with Crippen LogP contribution in [0.2, 0.25) is 0 Å². The Balaban J connectivity index is 1.39. The van der Waals surface area contributed by atoms with Gasteiger partial charge in [0.2, 0.25) is 0 Å². The first kappa shape index (κ1) is 27.4. The molecule has 0 saturated carbocycles. The molecule has 3 nitrogen and oxygen atoms in total. The van der Waals surface area contributed by atoms with Crippen molar-refractivity contribution < 1.29 is 4.74 Å². The molecule has 0 radical (unpaired) electrons. The molecule has 0 N–H and O–H groups in total. The molecule has 1 unspecified atom stereocenters. The monoisotopic (exact) mass is 520 g/mol. The van der Waals surface area contributed by atoms with Crippen molar-refractivity contribution in [2.45, 2.75) is 90.9 Å². The minimum atomic E-state index is 0.626. The van der Waals surface area contributed by atoms with Gasteiger partial charge in [0.05, 0.1) is 28.7 Å². The minimum Gasteiger partial charge on any atom is -0.493 e. The maximum atomic E-state index is 6.53. The first-order valence-electron chi connectivity index (χ1n) is 15.4. The molecular formula is C36H44N2O. The zero-order chi connectivity index (χ0) is 26.9. The third-order valence-corrected chi connectivity index (χ3v) is 8.21. The van der Waals surface area contributed by atoms with Crippen molar-refractivity contribution in [3.63, 3.8) is 0 Å². The smallest absolute Gasteiger partial charge is 0.120 e. The van der Waals surface area contributed by atoms with Crippen LogP contribution in [0.15, 0.2) is 66.7 Å². The third-order valence-electron chi connectivity index (χ3n) is 8.21. The normalized spacial score (nSPS) is 12.6. The van der Waals surface area contributed by atoms with Gasteiger partial charge in [-0.15, -0.1) is 0 Å². The molecule has 0 saturated heterocycles. The molecule has 3 heteroatoms. The Labute approximate surface area is 234 Å². The summed E-state index contributed by atoms with van der Waals surface area (Å²) in [6.45, 7) is 5.37. The summed E-state index contributed by atoms with van der Waals surface area (Å²) < 4.78 is 6.53. The maximum Gasteiger partial charge on any atom is 0.120 e. The Morgan fingerprint density at radius 2 is 1.10 bits per heavy atom. The topological polar surface area (TPSA) is 35.0 Å². The highest BCUT2D eigenvalue weighted by molar-refractivity contribution is 6.24. The van der Waals surface area contributed by atoms with Crippen molar-refractivity contribution in [1.82, 2.24) is 9.97 Å². The molecule has 0 aliphatic heterocycles. The highest BCUT2D eigenvalue weighted by Gasteiger charge is 2.14. The van der Waals surface area contributed by atoms with Gasteiger partial charge in [0.15, 0.2) is 0 Å². The predicted octanol–water partition coefficient (Wildman–Crippen LogP) is 10.8. The third kappa shape index (κ3) is 6.69. The van der Waals surface area contributed by atoms with E-state index in [4.69, 9.17) is 14.7 Å². The van der Waals surface area contributed by atoms with Crippen LogP contribution in [0.1, 0.15) is 90.9 Å². The summed E-state index contributed by atoms with van der Waals surface area (Å²) in [5.74, 6) is 1.57. The van der Waals surface area contributed by atoms with E-state index in [9.17, 15) is 0 Å². The van der Waals surface area contributed by atoms with Crippen LogP contribution in [0, 0.1) is 5.92 Å². The molecular weight excluding hydrogens is 476 g/mol. The average Bonchev–Trinajstić information content (AvgIpc) is 2.98. The fourth-order valence-electron chi connectivity index (χ4n) is 5.94. The molecule has 1 heterocycles. The Bertz CT molecular complexity index is 1510. The van der Waals surface area contributed by atoms with Crippen LogP contribution in [0.3, 0.4) is 0 Å². The van der Waals surface area contributed by atoms with Crippen molar-refractivity contribution in [3.8, 4) is 5.75 Å². The molecule has 0 bridgehead atoms. The van der Waals surface area contributed by atoms with E-state index in [1.165, 1.54) is 87.8 Å². The molecule has 0 fully saturated rings. The Morgan fingerprint density at radius 3 is 1.79 bits per heavy atom. The Hall–Kier alpha value is -3.20. The molecule has 1 atom stereocenters. The van der Waals surface area contributed by atoms with Gasteiger partial charge in [0, 0.05) is 10.8 Å². The summed E-state index contributed by atoms with van der Waals surface area (Å²) in [6.07, 6.45) is 15.9. The second-order valence-corrected chi connectivity index (χ2v) is 11.2. The van der Waals surface area contributed by atoms with Crippen molar-refractivity contribution in [1.29, 1.82) is 0 Å². The second kappa shape index (κ2) is 13.7. The number of fused-ring (bicyclic) bond motifs is 7. The molecule has 0 aliphatic carbocycles. The van der Waals surface area contributed by atoms with E-state index in [0.29, 0.717) is 5.92 Å². The van der Waals surface area contributed by atoms with Gasteiger partial charge in [-0.25, -0.2) is 9.97 Å². The van der Waals surface area contributed by atoms with Crippen molar-refractivity contribution in [2.75, 3.05) is 6.61 Å². The lowest BCUT2D eigenvalue weighted by atomic mass is 9.95. The molecule has 1 aromatic heterocycles. The lowest BCUT2D eigenvalue weighted by Crippen LogP contribution is -2.12. The molecule has 0 amide bonds. The summed E-state index contributed by atoms with van der Waals surface area (Å²) in [6, 6.07) is 23.3. The van der Waals surface area contributed by atoms with Crippen LogP contribution < -0.4 is 4.74 Å². The highest BCUT2D eigenvalue weighted by Crippen LogP contribution is 2.36. The first-order valence-corrected chi connectivity index (χ1v) is 15.4. The van der Waals surface area contributed by atoms with Gasteiger partial charge < -0.3 is 4.74 Å². The quantitative estimate of drug-likeness (QED) is 0.0782. The number of hydrogen-bond acceptors (Lipinski definition) is 3. The van der Waals surface area contributed by atoms with Gasteiger partial charge in [-0.1, -0.05) is 114 Å². The fourth-order valence-corrected chi connectivity index (χ4v) is 5.94. The number of hydrogen-bond donors (Lipinski definition) is 0. The van der Waals surface area contributed by atoms with Crippen LogP contribution in [0.25, 0.3) is 43.6 Å². The summed E-state index contributed by atoms with van der Waals surface area (Å²) in [5, 5.41) is 4.69. The van der Waals surface area contributed by atoms with Crippen LogP contribution in [0.4, 0.5) is 0 Å². The van der Waals surface area contributed by atoms with Crippen LogP contribution >= 0.6 is 0 Å². The number of benzene rings is 4. The summed E-state index contributed by atoms with van der Waals surface area (Å²) in [4.78, 5) is 10.2. The summed E-state index contributed by atoms with van der Waals surface area (Å²) >= 11 is 0. The molecule has 4 aromatic carbocycles. The average molecular weight is 521 g/mol. The fraction of sp³-hybridized carbons (Fsp3) is 0.444. The van der Waals surface area contributed by atoms with Gasteiger partial charge in [0.25, 0.3) is 0 Å². The van der Waals surface area contributed by atoms with Gasteiger partial charge >= 0.3 is 0 Å². The van der Waals surface area contributed by atoms with E-state index in [1.54, 1.807) is 0 Å². The van der Waals surface area contributed by atoms with E-state index in [0.717, 1.165) is 45.2 Å². The Kier molecular flexibility index (Phi) is 9.64. The number of rotatable bonds is 15. The Morgan fingerprint density at radius 1 is 0.564 bits per heavy atom. The van der Waals surface area contributed by atoms with E-state index < -0.39 is 0 Å². The SMILES string of the molecule is CCCCCCCCC(CCCCCC)COc1ccc2c3ccccc3c3nc4ccccc4nc3c2c1. The van der Waals surface area contributed by atoms with Crippen molar-refractivity contribution in [3.05, 3.63) is 66.7 Å². The van der Waals surface area contributed by atoms with E-state index >= 15 is 0 Å². The summed E-state index contributed by atoms with van der Waals surface area (Å²) in [5.41, 5.74) is 3.78. The number of nitrogens with zero attached hydrogens (tertiary/aromatic N) is 2. The maximum absolute atomic E-state index is 6.53. The lowest BCUT2D eigenvalue weighted by Gasteiger charge is -2.18. The van der Waals surface area contributed by atoms with Crippen LogP contribution in [-0.2, 0) is 0 Å². The first-order chi connectivity index (χ1) is 19.3. The molecule has 204 valence electrons. The minimum absolute atomic E-state index is 0.626. The van der Waals surface area contributed by atoms with E-state index in [-0.39, 0.29) is 0 Å². The predicted molar refractivity (Wildman–Crippen MR) is 168 cm³/mol. The zero-order valence-corrected chi connectivity index (χ0v) is 23.9. The van der Waals surface area contributed by atoms with Gasteiger partial charge in [-0.2, -0.15) is 0 Å². The van der Waals surface area contributed by atoms with Gasteiger partial charge in [0.1, 0.15) is 5.75 Å². The number of ether oxygens (including phenoxy) is 1.